The van der Waals surface area contributed by atoms with Crippen molar-refractivity contribution in [2.24, 2.45) is 11.7 Å². The van der Waals surface area contributed by atoms with Crippen LogP contribution in [0.2, 0.25) is 0 Å². The van der Waals surface area contributed by atoms with Crippen LogP contribution in [0.4, 0.5) is 26.3 Å². The molecular weight excluding hydrogens is 280 g/mol. The average Bonchev–Trinajstić information content (AvgIpc) is 2.12. The molecule has 2 atom stereocenters. The second-order valence-electron chi connectivity index (χ2n) is 4.61. The molecule has 0 fully saturated rings. The molecule has 0 aromatic carbocycles. The summed E-state index contributed by atoms with van der Waals surface area (Å²) in [5.41, 5.74) is 5.44. The summed E-state index contributed by atoms with van der Waals surface area (Å²) in [5, 5.41) is 8.85. The van der Waals surface area contributed by atoms with E-state index in [1.165, 1.54) is 0 Å². The maximum atomic E-state index is 12.3. The van der Waals surface area contributed by atoms with Gasteiger partial charge < -0.3 is 15.6 Å². The highest BCUT2D eigenvalue weighted by molar-refractivity contribution is 4.82. The molecule has 9 heteroatoms. The van der Waals surface area contributed by atoms with Crippen molar-refractivity contribution in [1.29, 1.82) is 0 Å². The number of halogens is 6. The van der Waals surface area contributed by atoms with Gasteiger partial charge >= 0.3 is 12.4 Å². The summed E-state index contributed by atoms with van der Waals surface area (Å²) < 4.78 is 77.6. The molecule has 0 aromatic heterocycles. The van der Waals surface area contributed by atoms with Crippen LogP contribution in [0.25, 0.3) is 0 Å². The Morgan fingerprint density at radius 1 is 1.05 bits per heavy atom. The van der Waals surface area contributed by atoms with Crippen LogP contribution in [-0.4, -0.2) is 42.3 Å². The fraction of sp³-hybridized carbons (Fsp3) is 1.00. The number of rotatable bonds is 6. The van der Waals surface area contributed by atoms with Crippen LogP contribution in [0.5, 0.6) is 0 Å². The molecule has 0 saturated heterocycles. The van der Waals surface area contributed by atoms with E-state index < -0.39 is 37.2 Å². The van der Waals surface area contributed by atoms with Crippen LogP contribution in [-0.2, 0) is 4.74 Å². The first-order valence-electron chi connectivity index (χ1n) is 5.54. The van der Waals surface area contributed by atoms with Crippen LogP contribution in [0.1, 0.15) is 20.3 Å². The monoisotopic (exact) mass is 297 g/mol. The van der Waals surface area contributed by atoms with E-state index in [0.29, 0.717) is 0 Å². The van der Waals surface area contributed by atoms with Crippen LogP contribution < -0.4 is 5.73 Å². The van der Waals surface area contributed by atoms with Crippen LogP contribution in [0.3, 0.4) is 0 Å². The summed E-state index contributed by atoms with van der Waals surface area (Å²) in [6.07, 6.45) is -16.8. The van der Waals surface area contributed by atoms with Crippen molar-refractivity contribution in [2.45, 2.75) is 50.9 Å². The van der Waals surface area contributed by atoms with Gasteiger partial charge in [-0.3, -0.25) is 0 Å². The number of aliphatic hydroxyl groups is 1. The Balaban J connectivity index is 4.90. The summed E-state index contributed by atoms with van der Waals surface area (Å²) in [7, 11) is 0. The molecule has 3 N–H and O–H groups in total. The molecule has 0 rings (SSSR count). The Hall–Kier alpha value is -0.540. The summed E-state index contributed by atoms with van der Waals surface area (Å²) in [4.78, 5) is 0. The predicted molar refractivity (Wildman–Crippen MR) is 55.3 cm³/mol. The Labute approximate surface area is 106 Å². The second-order valence-corrected chi connectivity index (χ2v) is 4.61. The van der Waals surface area contributed by atoms with E-state index in [0.717, 1.165) is 0 Å². The van der Waals surface area contributed by atoms with Gasteiger partial charge in [-0.15, -0.1) is 0 Å². The lowest BCUT2D eigenvalue weighted by molar-refractivity contribution is -0.333. The summed E-state index contributed by atoms with van der Waals surface area (Å²) in [6, 6.07) is -1.11. The summed E-state index contributed by atoms with van der Waals surface area (Å²) in [5.74, 6) is -0.0529. The molecule has 0 aliphatic rings. The van der Waals surface area contributed by atoms with Crippen molar-refractivity contribution in [3.63, 3.8) is 0 Å². The Bertz CT molecular complexity index is 252. The van der Waals surface area contributed by atoms with Crippen LogP contribution in [0.15, 0.2) is 0 Å². The quantitative estimate of drug-likeness (QED) is 0.739. The van der Waals surface area contributed by atoms with Crippen molar-refractivity contribution in [3.8, 4) is 0 Å². The molecule has 0 spiro atoms. The van der Waals surface area contributed by atoms with E-state index in [1.807, 2.05) is 0 Å². The molecule has 0 aromatic rings. The molecule has 0 bridgehead atoms. The van der Waals surface area contributed by atoms with Gasteiger partial charge in [0.25, 0.3) is 0 Å². The predicted octanol–water partition coefficient (Wildman–Crippen LogP) is 2.23. The largest absolute Gasteiger partial charge is 0.423 e. The van der Waals surface area contributed by atoms with Crippen molar-refractivity contribution < 1.29 is 36.2 Å². The molecule has 0 aliphatic heterocycles. The smallest absolute Gasteiger partial charge is 0.394 e. The van der Waals surface area contributed by atoms with Gasteiger partial charge in [0, 0.05) is 6.04 Å². The number of hydrogen-bond acceptors (Lipinski definition) is 3. The third kappa shape index (κ3) is 6.44. The Morgan fingerprint density at radius 2 is 1.47 bits per heavy atom. The molecule has 3 nitrogen and oxygen atoms in total. The zero-order valence-corrected chi connectivity index (χ0v) is 10.4. The minimum Gasteiger partial charge on any atom is -0.394 e. The van der Waals surface area contributed by atoms with Gasteiger partial charge in [-0.1, -0.05) is 13.8 Å². The highest BCUT2D eigenvalue weighted by Crippen LogP contribution is 2.36. The maximum absolute atomic E-state index is 12.3. The Kier molecular flexibility index (Phi) is 6.56. The normalized spacial score (nSPS) is 17.1. The maximum Gasteiger partial charge on any atom is 0.423 e. The van der Waals surface area contributed by atoms with E-state index in [2.05, 4.69) is 4.74 Å². The molecular formula is C10H17F6NO2. The van der Waals surface area contributed by atoms with Crippen molar-refractivity contribution >= 4 is 0 Å². The van der Waals surface area contributed by atoms with Gasteiger partial charge in [0.15, 0.2) is 0 Å². The first-order valence-corrected chi connectivity index (χ1v) is 5.54. The van der Waals surface area contributed by atoms with E-state index >= 15 is 0 Å². The first-order chi connectivity index (χ1) is 8.39. The van der Waals surface area contributed by atoms with Gasteiger partial charge in [0.1, 0.15) is 0 Å². The van der Waals surface area contributed by atoms with Gasteiger partial charge in [-0.25, -0.2) is 0 Å². The third-order valence-electron chi connectivity index (χ3n) is 2.31. The van der Waals surface area contributed by atoms with E-state index in [-0.39, 0.29) is 12.3 Å². The molecule has 116 valence electrons. The Morgan fingerprint density at radius 3 is 1.74 bits per heavy atom. The van der Waals surface area contributed by atoms with Gasteiger partial charge in [0.2, 0.25) is 6.10 Å². The SMILES string of the molecule is CC(C)CC(N)C(CO)OC(C(F)(F)F)C(F)(F)F. The van der Waals surface area contributed by atoms with E-state index in [4.69, 9.17) is 10.8 Å². The minimum atomic E-state index is -5.61. The molecule has 0 amide bonds. The highest BCUT2D eigenvalue weighted by atomic mass is 19.4. The third-order valence-corrected chi connectivity index (χ3v) is 2.31. The summed E-state index contributed by atoms with van der Waals surface area (Å²) in [6.45, 7) is 2.37. The molecule has 0 heterocycles. The van der Waals surface area contributed by atoms with Gasteiger partial charge in [-0.05, 0) is 12.3 Å². The van der Waals surface area contributed by atoms with E-state index in [1.54, 1.807) is 13.8 Å². The molecule has 0 radical (unpaired) electrons. The van der Waals surface area contributed by atoms with Gasteiger partial charge in [-0.2, -0.15) is 26.3 Å². The molecule has 0 aliphatic carbocycles. The lowest BCUT2D eigenvalue weighted by Crippen LogP contribution is -2.51. The van der Waals surface area contributed by atoms with Crippen molar-refractivity contribution in [2.75, 3.05) is 6.61 Å². The fourth-order valence-electron chi connectivity index (χ4n) is 1.49. The standard InChI is InChI=1S/C10H17F6NO2/c1-5(2)3-6(17)7(4-18)19-8(9(11,12)13)10(14,15)16/h5-8,18H,3-4,17H2,1-2H3. The lowest BCUT2D eigenvalue weighted by atomic mass is 10.00. The van der Waals surface area contributed by atoms with Gasteiger partial charge in [0.05, 0.1) is 12.7 Å². The molecule has 2 unspecified atom stereocenters. The number of hydrogen-bond donors (Lipinski definition) is 2. The molecule has 19 heavy (non-hydrogen) atoms. The van der Waals surface area contributed by atoms with Crippen molar-refractivity contribution in [3.05, 3.63) is 0 Å². The zero-order chi connectivity index (χ0) is 15.4. The second kappa shape index (κ2) is 6.76. The number of ether oxygens (including phenoxy) is 1. The van der Waals surface area contributed by atoms with Crippen LogP contribution in [0, 0.1) is 5.92 Å². The lowest BCUT2D eigenvalue weighted by Gasteiger charge is -2.30. The molecule has 0 saturated carbocycles. The van der Waals surface area contributed by atoms with Crippen LogP contribution >= 0.6 is 0 Å². The topological polar surface area (TPSA) is 55.5 Å². The minimum absolute atomic E-state index is 0.0529. The number of nitrogens with two attached hydrogens (primary N) is 1. The fourth-order valence-corrected chi connectivity index (χ4v) is 1.49. The highest BCUT2D eigenvalue weighted by Gasteiger charge is 2.59. The summed E-state index contributed by atoms with van der Waals surface area (Å²) >= 11 is 0. The average molecular weight is 297 g/mol. The van der Waals surface area contributed by atoms with E-state index in [9.17, 15) is 26.3 Å². The number of aliphatic hydroxyl groups excluding tert-OH is 1. The van der Waals surface area contributed by atoms with Crippen molar-refractivity contribution in [1.82, 2.24) is 0 Å². The first kappa shape index (κ1) is 18.5. The zero-order valence-electron chi connectivity index (χ0n) is 10.4. The number of alkyl halides is 6.